The molecular formula is C36H75NO4. The first-order valence-electron chi connectivity index (χ1n) is 18.2. The zero-order valence-electron chi connectivity index (χ0n) is 28.6. The van der Waals surface area contributed by atoms with Crippen LogP contribution in [0.15, 0.2) is 0 Å². The topological polar surface area (TPSA) is 62.2 Å². The van der Waals surface area contributed by atoms with Crippen molar-refractivity contribution in [1.82, 2.24) is 4.90 Å². The van der Waals surface area contributed by atoms with Gasteiger partial charge in [-0.3, -0.25) is 4.90 Å². The predicted octanol–water partition coefficient (Wildman–Crippen LogP) is 9.18. The highest BCUT2D eigenvalue weighted by molar-refractivity contribution is 4.69. The van der Waals surface area contributed by atoms with Crippen LogP contribution in [-0.2, 0) is 9.47 Å². The van der Waals surface area contributed by atoms with E-state index in [0.717, 1.165) is 37.6 Å². The lowest BCUT2D eigenvalue weighted by atomic mass is 10.0. The molecule has 0 radical (unpaired) electrons. The van der Waals surface area contributed by atoms with Crippen molar-refractivity contribution in [2.24, 2.45) is 11.8 Å². The summed E-state index contributed by atoms with van der Waals surface area (Å²) in [4.78, 5) is 2.22. The molecule has 0 aromatic carbocycles. The SMILES string of the molecule is CCCCCCCCCCCCCCCCN(CC(O)COCCCC(C)CC)CC(O)COCCCC(C)CC. The van der Waals surface area contributed by atoms with Crippen LogP contribution in [0, 0.1) is 11.8 Å². The lowest BCUT2D eigenvalue weighted by Crippen LogP contribution is -2.41. The maximum absolute atomic E-state index is 10.6. The number of unbranched alkanes of at least 4 members (excludes halogenated alkanes) is 13. The molecule has 0 aliphatic heterocycles. The molecule has 0 rings (SSSR count). The summed E-state index contributed by atoms with van der Waals surface area (Å²) in [6, 6.07) is 0. The van der Waals surface area contributed by atoms with Gasteiger partial charge < -0.3 is 19.7 Å². The Morgan fingerprint density at radius 3 is 1.24 bits per heavy atom. The molecule has 4 atom stereocenters. The van der Waals surface area contributed by atoms with Crippen molar-refractivity contribution in [3.05, 3.63) is 0 Å². The van der Waals surface area contributed by atoms with Crippen molar-refractivity contribution in [3.8, 4) is 0 Å². The Hall–Kier alpha value is -0.200. The van der Waals surface area contributed by atoms with Gasteiger partial charge in [-0.25, -0.2) is 0 Å². The van der Waals surface area contributed by atoms with Crippen LogP contribution in [0.2, 0.25) is 0 Å². The molecule has 0 spiro atoms. The lowest BCUT2D eigenvalue weighted by Gasteiger charge is -2.27. The van der Waals surface area contributed by atoms with E-state index in [1.807, 2.05) is 0 Å². The Kier molecular flexibility index (Phi) is 31.1. The van der Waals surface area contributed by atoms with E-state index in [1.165, 1.54) is 109 Å². The van der Waals surface area contributed by atoms with Crippen LogP contribution in [-0.4, -0.2) is 73.4 Å². The van der Waals surface area contributed by atoms with E-state index < -0.39 is 12.2 Å². The minimum atomic E-state index is -0.520. The second kappa shape index (κ2) is 31.2. The van der Waals surface area contributed by atoms with Crippen LogP contribution in [0.5, 0.6) is 0 Å². The molecule has 248 valence electrons. The van der Waals surface area contributed by atoms with Gasteiger partial charge in [-0.05, 0) is 50.5 Å². The zero-order valence-corrected chi connectivity index (χ0v) is 28.6. The van der Waals surface area contributed by atoms with Crippen LogP contribution in [0.1, 0.15) is 163 Å². The molecular weight excluding hydrogens is 510 g/mol. The number of hydrogen-bond acceptors (Lipinski definition) is 5. The molecule has 0 saturated carbocycles. The van der Waals surface area contributed by atoms with Crippen LogP contribution < -0.4 is 0 Å². The molecule has 5 nitrogen and oxygen atoms in total. The average Bonchev–Trinajstić information content (AvgIpc) is 2.96. The number of hydrogen-bond donors (Lipinski definition) is 2. The predicted molar refractivity (Wildman–Crippen MR) is 178 cm³/mol. The van der Waals surface area contributed by atoms with Crippen LogP contribution in [0.3, 0.4) is 0 Å². The van der Waals surface area contributed by atoms with E-state index in [-0.39, 0.29) is 0 Å². The van der Waals surface area contributed by atoms with E-state index >= 15 is 0 Å². The summed E-state index contributed by atoms with van der Waals surface area (Å²) in [7, 11) is 0. The summed E-state index contributed by atoms with van der Waals surface area (Å²) in [6.45, 7) is 15.5. The molecule has 2 N–H and O–H groups in total. The van der Waals surface area contributed by atoms with Gasteiger partial charge in [0, 0.05) is 26.3 Å². The molecule has 0 saturated heterocycles. The summed E-state index contributed by atoms with van der Waals surface area (Å²) in [5.41, 5.74) is 0. The third-order valence-corrected chi connectivity index (χ3v) is 8.75. The molecule has 0 aliphatic rings. The fourth-order valence-corrected chi connectivity index (χ4v) is 5.40. The van der Waals surface area contributed by atoms with Crippen LogP contribution in [0.25, 0.3) is 0 Å². The van der Waals surface area contributed by atoms with Gasteiger partial charge in [0.2, 0.25) is 0 Å². The first-order chi connectivity index (χ1) is 19.9. The largest absolute Gasteiger partial charge is 0.389 e. The summed E-state index contributed by atoms with van der Waals surface area (Å²) in [5.74, 6) is 1.48. The van der Waals surface area contributed by atoms with Gasteiger partial charge in [-0.2, -0.15) is 0 Å². The van der Waals surface area contributed by atoms with Gasteiger partial charge in [-0.1, -0.05) is 131 Å². The highest BCUT2D eigenvalue weighted by Gasteiger charge is 2.16. The molecule has 4 unspecified atom stereocenters. The fourth-order valence-electron chi connectivity index (χ4n) is 5.40. The van der Waals surface area contributed by atoms with Crippen LogP contribution >= 0.6 is 0 Å². The van der Waals surface area contributed by atoms with E-state index in [9.17, 15) is 10.2 Å². The van der Waals surface area contributed by atoms with Gasteiger partial charge in [0.15, 0.2) is 0 Å². The van der Waals surface area contributed by atoms with Crippen molar-refractivity contribution >= 4 is 0 Å². The number of ether oxygens (including phenoxy) is 2. The molecule has 0 aromatic heterocycles. The third-order valence-electron chi connectivity index (χ3n) is 8.75. The zero-order chi connectivity index (χ0) is 30.4. The smallest absolute Gasteiger partial charge is 0.0900 e. The molecule has 0 amide bonds. The van der Waals surface area contributed by atoms with Gasteiger partial charge in [-0.15, -0.1) is 0 Å². The number of aliphatic hydroxyl groups excluding tert-OH is 2. The summed E-state index contributed by atoms with van der Waals surface area (Å²) < 4.78 is 11.6. The van der Waals surface area contributed by atoms with Gasteiger partial charge >= 0.3 is 0 Å². The maximum atomic E-state index is 10.6. The van der Waals surface area contributed by atoms with E-state index in [0.29, 0.717) is 39.5 Å². The molecule has 41 heavy (non-hydrogen) atoms. The number of rotatable bonds is 33. The van der Waals surface area contributed by atoms with Crippen LogP contribution in [0.4, 0.5) is 0 Å². The Morgan fingerprint density at radius 1 is 0.512 bits per heavy atom. The maximum Gasteiger partial charge on any atom is 0.0900 e. The molecule has 0 fully saturated rings. The van der Waals surface area contributed by atoms with Crippen molar-refractivity contribution < 1.29 is 19.7 Å². The van der Waals surface area contributed by atoms with Crippen molar-refractivity contribution in [1.29, 1.82) is 0 Å². The third kappa shape index (κ3) is 29.6. The normalized spacial score (nSPS) is 14.9. The lowest BCUT2D eigenvalue weighted by molar-refractivity contribution is -0.0117. The molecule has 0 heterocycles. The highest BCUT2D eigenvalue weighted by atomic mass is 16.5. The first kappa shape index (κ1) is 40.8. The average molecular weight is 586 g/mol. The highest BCUT2D eigenvalue weighted by Crippen LogP contribution is 2.14. The number of nitrogens with zero attached hydrogens (tertiary/aromatic N) is 1. The van der Waals surface area contributed by atoms with Crippen molar-refractivity contribution in [2.45, 2.75) is 175 Å². The fraction of sp³-hybridized carbons (Fsp3) is 1.00. The number of aliphatic hydroxyl groups is 2. The van der Waals surface area contributed by atoms with Gasteiger partial charge in [0.05, 0.1) is 25.4 Å². The standard InChI is InChI=1S/C36H75NO4/c1-6-9-10-11-12-13-14-15-16-17-18-19-20-21-26-37(29-35(38)31-40-27-22-24-33(4)7-2)30-36(39)32-41-28-23-25-34(5)8-3/h33-36,38-39H,6-32H2,1-5H3. The van der Waals surface area contributed by atoms with Crippen molar-refractivity contribution in [3.63, 3.8) is 0 Å². The molecule has 5 heteroatoms. The Balaban J connectivity index is 4.19. The minimum Gasteiger partial charge on any atom is -0.389 e. The second-order valence-corrected chi connectivity index (χ2v) is 13.1. The van der Waals surface area contributed by atoms with Crippen molar-refractivity contribution in [2.75, 3.05) is 46.1 Å². The monoisotopic (exact) mass is 586 g/mol. The molecule has 0 aliphatic carbocycles. The van der Waals surface area contributed by atoms with E-state index in [1.54, 1.807) is 0 Å². The van der Waals surface area contributed by atoms with Gasteiger partial charge in [0.25, 0.3) is 0 Å². The van der Waals surface area contributed by atoms with Gasteiger partial charge in [0.1, 0.15) is 0 Å². The Bertz CT molecular complexity index is 478. The summed E-state index contributed by atoms with van der Waals surface area (Å²) >= 11 is 0. The summed E-state index contributed by atoms with van der Waals surface area (Å²) in [5, 5.41) is 21.3. The Labute approximate surface area is 257 Å². The molecule has 0 bridgehead atoms. The summed E-state index contributed by atoms with van der Waals surface area (Å²) in [6.07, 6.45) is 24.8. The minimum absolute atomic E-state index is 0.373. The quantitative estimate of drug-likeness (QED) is 0.0752. The Morgan fingerprint density at radius 2 is 0.878 bits per heavy atom. The molecule has 0 aromatic rings. The van der Waals surface area contributed by atoms with E-state index in [2.05, 4.69) is 39.5 Å². The second-order valence-electron chi connectivity index (χ2n) is 13.1. The van der Waals surface area contributed by atoms with E-state index in [4.69, 9.17) is 9.47 Å². The first-order valence-corrected chi connectivity index (χ1v) is 18.2.